The number of anilines is 1. The van der Waals surface area contributed by atoms with Gasteiger partial charge in [0.2, 0.25) is 5.91 Å². The van der Waals surface area contributed by atoms with Gasteiger partial charge in [0.05, 0.1) is 23.7 Å². The molecule has 1 saturated carbocycles. The van der Waals surface area contributed by atoms with Gasteiger partial charge in [0.15, 0.2) is 14.9 Å². The summed E-state index contributed by atoms with van der Waals surface area (Å²) in [4.78, 5) is 24.6. The smallest absolute Gasteiger partial charge is 0.228 e. The average Bonchev–Trinajstić information content (AvgIpc) is 2.70. The molecule has 8 nitrogen and oxygen atoms in total. The quantitative estimate of drug-likeness (QED) is 0.788. The van der Waals surface area contributed by atoms with Crippen molar-refractivity contribution in [3.05, 3.63) is 36.9 Å². The van der Waals surface area contributed by atoms with Crippen LogP contribution in [0.15, 0.2) is 41.9 Å². The summed E-state index contributed by atoms with van der Waals surface area (Å²) >= 11 is 0. The highest BCUT2D eigenvalue weighted by molar-refractivity contribution is 7.92. The maximum atomic E-state index is 12.8. The summed E-state index contributed by atoms with van der Waals surface area (Å²) < 4.78 is 31.1. The van der Waals surface area contributed by atoms with Gasteiger partial charge in [-0.3, -0.25) is 9.78 Å². The minimum absolute atomic E-state index is 0.0385. The van der Waals surface area contributed by atoms with Crippen molar-refractivity contribution in [3.63, 3.8) is 0 Å². The summed E-state index contributed by atoms with van der Waals surface area (Å²) in [6, 6.07) is 3.41. The van der Waals surface area contributed by atoms with Crippen molar-refractivity contribution >= 4 is 21.6 Å². The number of carbonyl (C=O) groups excluding carboxylic acids is 1. The van der Waals surface area contributed by atoms with E-state index < -0.39 is 21.0 Å². The summed E-state index contributed by atoms with van der Waals surface area (Å²) in [5, 5.41) is 2.10. The Bertz CT molecular complexity index is 901. The van der Waals surface area contributed by atoms with Gasteiger partial charge in [-0.2, -0.15) is 0 Å². The first-order chi connectivity index (χ1) is 13.4. The van der Waals surface area contributed by atoms with E-state index in [9.17, 15) is 13.2 Å². The highest BCUT2D eigenvalue weighted by Gasteiger charge is 2.36. The van der Waals surface area contributed by atoms with E-state index in [0.717, 1.165) is 0 Å². The van der Waals surface area contributed by atoms with Gasteiger partial charge in [-0.15, -0.1) is 0 Å². The normalized spacial score (nSPS) is 20.0. The molecule has 2 aromatic heterocycles. The average molecular weight is 404 g/mol. The highest BCUT2D eigenvalue weighted by Crippen LogP contribution is 2.32. The second kappa shape index (κ2) is 8.64. The van der Waals surface area contributed by atoms with E-state index in [4.69, 9.17) is 4.74 Å². The number of carbonyl (C=O) groups is 1. The minimum Gasteiger partial charge on any atom is -0.489 e. The number of nitrogens with zero attached hydrogens (tertiary/aromatic N) is 3. The number of hydrogen-bond donors (Lipinski definition) is 1. The van der Waals surface area contributed by atoms with Gasteiger partial charge in [0.25, 0.3) is 0 Å². The number of pyridine rings is 1. The monoisotopic (exact) mass is 404 g/mol. The molecule has 1 amide bonds. The predicted molar refractivity (Wildman–Crippen MR) is 104 cm³/mol. The number of amides is 1. The maximum Gasteiger partial charge on any atom is 0.228 e. The first-order valence-corrected chi connectivity index (χ1v) is 10.8. The van der Waals surface area contributed by atoms with Gasteiger partial charge in [0, 0.05) is 18.3 Å². The van der Waals surface area contributed by atoms with E-state index in [2.05, 4.69) is 20.3 Å². The number of hydrogen-bond acceptors (Lipinski definition) is 7. The van der Waals surface area contributed by atoms with Crippen LogP contribution in [0.25, 0.3) is 0 Å². The van der Waals surface area contributed by atoms with Crippen LogP contribution in [-0.4, -0.2) is 40.6 Å². The van der Waals surface area contributed by atoms with Crippen molar-refractivity contribution < 1.29 is 17.9 Å². The van der Waals surface area contributed by atoms with Crippen LogP contribution in [-0.2, 0) is 14.6 Å². The molecule has 1 aliphatic carbocycles. The zero-order valence-electron chi connectivity index (χ0n) is 15.9. The van der Waals surface area contributed by atoms with E-state index in [0.29, 0.717) is 30.8 Å². The predicted octanol–water partition coefficient (Wildman–Crippen LogP) is 2.63. The summed E-state index contributed by atoms with van der Waals surface area (Å²) in [6.45, 7) is 3.84. The Morgan fingerprint density at radius 2 is 2.00 bits per heavy atom. The standard InChI is InChI=1S/C19H24N4O4S/c1-13(2)27-15-6-7-17(22-11-15)23-19(24)14-4-3-5-16(10-14)28(25,26)18-12-20-8-9-21-18/h6-9,11-14,16H,3-5,10H2,1-2H3,(H,22,23,24). The van der Waals surface area contributed by atoms with E-state index >= 15 is 0 Å². The van der Waals surface area contributed by atoms with Crippen LogP contribution in [0.3, 0.4) is 0 Å². The van der Waals surface area contributed by atoms with Gasteiger partial charge in [-0.1, -0.05) is 6.42 Å². The fourth-order valence-corrected chi connectivity index (χ4v) is 5.01. The Labute approximate surface area is 164 Å². The van der Waals surface area contributed by atoms with Gasteiger partial charge in [-0.25, -0.2) is 18.4 Å². The molecule has 2 aromatic rings. The molecule has 0 aromatic carbocycles. The van der Waals surface area contributed by atoms with Gasteiger partial charge in [0.1, 0.15) is 11.6 Å². The fourth-order valence-electron chi connectivity index (χ4n) is 3.29. The molecule has 0 bridgehead atoms. The van der Waals surface area contributed by atoms with Crippen molar-refractivity contribution in [3.8, 4) is 5.75 Å². The molecule has 2 unspecified atom stereocenters. The first kappa shape index (κ1) is 20.2. The van der Waals surface area contributed by atoms with Crippen LogP contribution in [0.1, 0.15) is 39.5 Å². The SMILES string of the molecule is CC(C)Oc1ccc(NC(=O)C2CCCC(S(=O)(=O)c3cnccn3)C2)nc1. The summed E-state index contributed by atoms with van der Waals surface area (Å²) in [5.41, 5.74) is 0. The number of ether oxygens (including phenoxy) is 1. The lowest BCUT2D eigenvalue weighted by atomic mass is 9.88. The molecule has 3 rings (SSSR count). The van der Waals surface area contributed by atoms with Gasteiger partial charge in [-0.05, 0) is 45.2 Å². The highest BCUT2D eigenvalue weighted by atomic mass is 32.2. The first-order valence-electron chi connectivity index (χ1n) is 9.29. The molecular formula is C19H24N4O4S. The molecule has 1 fully saturated rings. The molecule has 0 spiro atoms. The molecule has 1 aliphatic rings. The van der Waals surface area contributed by atoms with Crippen LogP contribution in [0.5, 0.6) is 5.75 Å². The largest absolute Gasteiger partial charge is 0.489 e. The Hall–Kier alpha value is -2.55. The van der Waals surface area contributed by atoms with E-state index in [-0.39, 0.29) is 23.5 Å². The second-order valence-electron chi connectivity index (χ2n) is 7.11. The van der Waals surface area contributed by atoms with Crippen LogP contribution >= 0.6 is 0 Å². The topological polar surface area (TPSA) is 111 Å². The zero-order valence-corrected chi connectivity index (χ0v) is 16.7. The molecule has 28 heavy (non-hydrogen) atoms. The maximum absolute atomic E-state index is 12.8. The third-order valence-electron chi connectivity index (χ3n) is 4.63. The molecule has 2 atom stereocenters. The van der Waals surface area contributed by atoms with Crippen molar-refractivity contribution in [2.75, 3.05) is 5.32 Å². The molecule has 2 heterocycles. The number of rotatable bonds is 6. The number of aromatic nitrogens is 3. The van der Waals surface area contributed by atoms with Crippen LogP contribution in [0, 0.1) is 5.92 Å². The number of nitrogens with one attached hydrogen (secondary N) is 1. The summed E-state index contributed by atoms with van der Waals surface area (Å²) in [6.07, 6.45) is 7.73. The molecule has 0 aliphatic heterocycles. The Morgan fingerprint density at radius 3 is 2.64 bits per heavy atom. The molecule has 0 radical (unpaired) electrons. The molecular weight excluding hydrogens is 380 g/mol. The summed E-state index contributed by atoms with van der Waals surface area (Å²) in [5.74, 6) is 0.434. The Balaban J connectivity index is 1.64. The third-order valence-corrected chi connectivity index (χ3v) is 6.73. The van der Waals surface area contributed by atoms with Crippen LogP contribution in [0.4, 0.5) is 5.82 Å². The minimum atomic E-state index is -3.60. The van der Waals surface area contributed by atoms with E-state index in [1.807, 2.05) is 13.8 Å². The zero-order chi connectivity index (χ0) is 20.1. The fraction of sp³-hybridized carbons (Fsp3) is 0.474. The molecule has 150 valence electrons. The molecule has 9 heteroatoms. The van der Waals surface area contributed by atoms with Crippen molar-refractivity contribution in [2.45, 2.75) is 55.9 Å². The third kappa shape index (κ3) is 4.83. The van der Waals surface area contributed by atoms with E-state index in [1.165, 1.54) is 18.6 Å². The Morgan fingerprint density at radius 1 is 1.18 bits per heavy atom. The van der Waals surface area contributed by atoms with Crippen LogP contribution < -0.4 is 10.1 Å². The van der Waals surface area contributed by atoms with Gasteiger partial charge < -0.3 is 10.1 Å². The lowest BCUT2D eigenvalue weighted by Crippen LogP contribution is -2.34. The number of sulfone groups is 1. The lowest BCUT2D eigenvalue weighted by molar-refractivity contribution is -0.120. The lowest BCUT2D eigenvalue weighted by Gasteiger charge is -2.27. The van der Waals surface area contributed by atoms with E-state index in [1.54, 1.807) is 18.3 Å². The van der Waals surface area contributed by atoms with Crippen molar-refractivity contribution in [2.24, 2.45) is 5.92 Å². The van der Waals surface area contributed by atoms with Gasteiger partial charge >= 0.3 is 0 Å². The summed E-state index contributed by atoms with van der Waals surface area (Å²) in [7, 11) is -3.60. The van der Waals surface area contributed by atoms with Crippen molar-refractivity contribution in [1.29, 1.82) is 0 Å². The van der Waals surface area contributed by atoms with Crippen LogP contribution in [0.2, 0.25) is 0 Å². The second-order valence-corrected chi connectivity index (χ2v) is 9.28. The molecule has 0 saturated heterocycles. The molecule has 1 N–H and O–H groups in total. The Kier molecular flexibility index (Phi) is 6.23. The van der Waals surface area contributed by atoms with Crippen molar-refractivity contribution in [1.82, 2.24) is 15.0 Å².